The topological polar surface area (TPSA) is 134 Å². The van der Waals surface area contributed by atoms with Gasteiger partial charge in [0.1, 0.15) is 24.2 Å². The van der Waals surface area contributed by atoms with Gasteiger partial charge in [-0.3, -0.25) is 9.52 Å². The molecule has 1 amide bonds. The standard InChI is InChI=1S/C26H32N8O3S/c1-2-38(36,37)32-20-7-8-21-23(16-20)33-14-11-19(12-15-33)6-4-3-5-13-28-25-22(34-18-27-17-29-34)9-10-24(30-25)31-26(21)35/h3-4,7-10,16-19,32H,2,5-6,11-15H2,1H3,(H2,28,30,31,35)/b4-3+. The number of carbonyl (C=O) groups is 1. The lowest BCUT2D eigenvalue weighted by Crippen LogP contribution is -2.35. The summed E-state index contributed by atoms with van der Waals surface area (Å²) in [6, 6.07) is 8.61. The summed E-state index contributed by atoms with van der Waals surface area (Å²) in [5.74, 6) is 1.20. The van der Waals surface area contributed by atoms with E-state index in [0.717, 1.165) is 44.5 Å². The second-order valence-corrected chi connectivity index (χ2v) is 11.5. The van der Waals surface area contributed by atoms with Crippen molar-refractivity contribution in [1.82, 2.24) is 19.7 Å². The van der Waals surface area contributed by atoms with Gasteiger partial charge in [-0.15, -0.1) is 0 Å². The molecule has 5 heterocycles. The number of fused-ring (bicyclic) bond motifs is 7. The lowest BCUT2D eigenvalue weighted by molar-refractivity contribution is 0.102. The molecule has 0 atom stereocenters. The molecule has 12 heteroatoms. The Morgan fingerprint density at radius 3 is 2.71 bits per heavy atom. The first kappa shape index (κ1) is 25.7. The van der Waals surface area contributed by atoms with Crippen molar-refractivity contribution in [2.75, 3.05) is 45.6 Å². The average Bonchev–Trinajstić information content (AvgIpc) is 3.45. The van der Waals surface area contributed by atoms with Gasteiger partial charge in [0.2, 0.25) is 10.0 Å². The quantitative estimate of drug-likeness (QED) is 0.430. The molecule has 0 saturated carbocycles. The number of anilines is 4. The summed E-state index contributed by atoms with van der Waals surface area (Å²) in [5, 5.41) is 10.5. The monoisotopic (exact) mass is 536 g/mol. The zero-order valence-electron chi connectivity index (χ0n) is 21.3. The number of nitrogens with zero attached hydrogens (tertiary/aromatic N) is 5. The maximum absolute atomic E-state index is 13.5. The number of nitrogens with one attached hydrogen (secondary N) is 3. The first-order chi connectivity index (χ1) is 18.4. The Morgan fingerprint density at radius 2 is 1.95 bits per heavy atom. The van der Waals surface area contributed by atoms with E-state index in [0.29, 0.717) is 41.0 Å². The first-order valence-corrected chi connectivity index (χ1v) is 14.5. The van der Waals surface area contributed by atoms with Crippen LogP contribution in [0.4, 0.5) is 23.0 Å². The maximum atomic E-state index is 13.5. The van der Waals surface area contributed by atoms with Crippen LogP contribution in [-0.4, -0.2) is 59.5 Å². The molecule has 4 bridgehead atoms. The van der Waals surface area contributed by atoms with Crippen LogP contribution in [0.25, 0.3) is 5.69 Å². The van der Waals surface area contributed by atoms with Crippen LogP contribution >= 0.6 is 0 Å². The fourth-order valence-corrected chi connectivity index (χ4v) is 5.37. The lowest BCUT2D eigenvalue weighted by atomic mass is 9.92. The van der Waals surface area contributed by atoms with E-state index < -0.39 is 10.0 Å². The lowest BCUT2D eigenvalue weighted by Gasteiger charge is -2.34. The Bertz CT molecular complexity index is 1410. The number of benzene rings is 1. The number of hydrogen-bond acceptors (Lipinski definition) is 8. The van der Waals surface area contributed by atoms with E-state index in [2.05, 4.69) is 47.5 Å². The number of rotatable bonds is 4. The van der Waals surface area contributed by atoms with Gasteiger partial charge in [-0.1, -0.05) is 12.2 Å². The van der Waals surface area contributed by atoms with Crippen LogP contribution in [0, 0.1) is 5.92 Å². The second kappa shape index (κ2) is 11.2. The largest absolute Gasteiger partial charge is 0.371 e. The minimum absolute atomic E-state index is 0.0316. The average molecular weight is 537 g/mol. The van der Waals surface area contributed by atoms with Gasteiger partial charge in [0, 0.05) is 19.6 Å². The molecule has 3 N–H and O–H groups in total. The van der Waals surface area contributed by atoms with Crippen LogP contribution < -0.4 is 20.3 Å². The summed E-state index contributed by atoms with van der Waals surface area (Å²) >= 11 is 0. The summed E-state index contributed by atoms with van der Waals surface area (Å²) in [7, 11) is -3.45. The third-order valence-electron chi connectivity index (χ3n) is 6.87. The highest BCUT2D eigenvalue weighted by Crippen LogP contribution is 2.32. The van der Waals surface area contributed by atoms with Gasteiger partial charge in [0.25, 0.3) is 5.91 Å². The van der Waals surface area contributed by atoms with Crippen LogP contribution in [0.2, 0.25) is 0 Å². The van der Waals surface area contributed by atoms with Crippen LogP contribution in [0.1, 0.15) is 43.0 Å². The molecular weight excluding hydrogens is 504 g/mol. The molecule has 200 valence electrons. The van der Waals surface area contributed by atoms with Crippen molar-refractivity contribution >= 4 is 38.9 Å². The smallest absolute Gasteiger partial charge is 0.258 e. The highest BCUT2D eigenvalue weighted by atomic mass is 32.2. The van der Waals surface area contributed by atoms with Crippen molar-refractivity contribution in [1.29, 1.82) is 0 Å². The zero-order chi connectivity index (χ0) is 26.5. The highest BCUT2D eigenvalue weighted by molar-refractivity contribution is 7.92. The van der Waals surface area contributed by atoms with Crippen molar-refractivity contribution in [2.45, 2.75) is 32.6 Å². The van der Waals surface area contributed by atoms with Gasteiger partial charge in [0.05, 0.1) is 22.7 Å². The third-order valence-corrected chi connectivity index (χ3v) is 8.18. The summed E-state index contributed by atoms with van der Waals surface area (Å²) < 4.78 is 28.6. The van der Waals surface area contributed by atoms with Gasteiger partial charge in [-0.25, -0.2) is 23.1 Å². The SMILES string of the molecule is CCS(=O)(=O)Nc1ccc2c(c1)N1CCC(C/C=C/CCNc3nc(ccc3-n3cncn3)NC2=O)CC1. The van der Waals surface area contributed by atoms with Crippen molar-refractivity contribution in [3.8, 4) is 5.69 Å². The van der Waals surface area contributed by atoms with E-state index in [1.54, 1.807) is 42.2 Å². The Labute approximate surface area is 222 Å². The molecule has 0 radical (unpaired) electrons. The highest BCUT2D eigenvalue weighted by Gasteiger charge is 2.24. The second-order valence-electron chi connectivity index (χ2n) is 9.45. The van der Waals surface area contributed by atoms with Crippen LogP contribution in [0.3, 0.4) is 0 Å². The van der Waals surface area contributed by atoms with Crippen LogP contribution in [0.15, 0.2) is 55.1 Å². The van der Waals surface area contributed by atoms with Gasteiger partial charge in [0.15, 0.2) is 5.82 Å². The fourth-order valence-electron chi connectivity index (χ4n) is 4.74. The van der Waals surface area contributed by atoms with Crippen LogP contribution in [0.5, 0.6) is 0 Å². The number of aromatic nitrogens is 4. The van der Waals surface area contributed by atoms with Crippen LogP contribution in [-0.2, 0) is 10.0 Å². The molecular formula is C26H32N8O3S. The van der Waals surface area contributed by atoms with Crippen molar-refractivity contribution in [2.24, 2.45) is 5.92 Å². The summed E-state index contributed by atoms with van der Waals surface area (Å²) in [6.45, 7) is 3.85. The number of allylic oxidation sites excluding steroid dienone is 1. The summed E-state index contributed by atoms with van der Waals surface area (Å²) in [4.78, 5) is 24.4. The molecule has 3 aliphatic heterocycles. The number of hydrogen-bond donors (Lipinski definition) is 3. The molecule has 3 aliphatic rings. The minimum Gasteiger partial charge on any atom is -0.371 e. The van der Waals surface area contributed by atoms with Gasteiger partial charge in [-0.2, -0.15) is 5.10 Å². The molecule has 0 unspecified atom stereocenters. The number of pyridine rings is 1. The van der Waals surface area contributed by atoms with Crippen molar-refractivity contribution < 1.29 is 13.2 Å². The Balaban J connectivity index is 1.51. The molecule has 38 heavy (non-hydrogen) atoms. The summed E-state index contributed by atoms with van der Waals surface area (Å²) in [5.41, 5.74) is 2.33. The van der Waals surface area contributed by atoms with Crippen molar-refractivity contribution in [3.05, 3.63) is 60.7 Å². The molecule has 0 aliphatic carbocycles. The Kier molecular flexibility index (Phi) is 7.59. The van der Waals surface area contributed by atoms with E-state index in [9.17, 15) is 13.2 Å². The van der Waals surface area contributed by atoms with E-state index >= 15 is 0 Å². The van der Waals surface area contributed by atoms with Gasteiger partial charge in [-0.05, 0) is 68.9 Å². The molecule has 11 nitrogen and oxygen atoms in total. The third kappa shape index (κ3) is 5.96. The number of sulfonamides is 1. The molecule has 0 spiro atoms. The first-order valence-electron chi connectivity index (χ1n) is 12.9. The molecule has 1 aromatic carbocycles. The van der Waals surface area contributed by atoms with Gasteiger partial charge >= 0.3 is 0 Å². The number of piperidine rings is 1. The number of carbonyl (C=O) groups excluding carboxylic acids is 1. The zero-order valence-corrected chi connectivity index (χ0v) is 22.1. The van der Waals surface area contributed by atoms with E-state index in [4.69, 9.17) is 0 Å². The Hall–Kier alpha value is -3.93. The van der Waals surface area contributed by atoms with Gasteiger partial charge < -0.3 is 15.5 Å². The summed E-state index contributed by atoms with van der Waals surface area (Å²) in [6.07, 6.45) is 11.3. The maximum Gasteiger partial charge on any atom is 0.258 e. The van der Waals surface area contributed by atoms with E-state index in [-0.39, 0.29) is 11.7 Å². The number of amides is 1. The fraction of sp³-hybridized carbons (Fsp3) is 0.385. The van der Waals surface area contributed by atoms with E-state index in [1.807, 2.05) is 6.07 Å². The predicted molar refractivity (Wildman–Crippen MR) is 148 cm³/mol. The van der Waals surface area contributed by atoms with E-state index in [1.165, 1.54) is 6.33 Å². The molecule has 3 aromatic rings. The normalized spacial score (nSPS) is 17.7. The molecule has 6 rings (SSSR count). The molecule has 1 fully saturated rings. The Morgan fingerprint density at radius 1 is 1.11 bits per heavy atom. The van der Waals surface area contributed by atoms with Crippen molar-refractivity contribution in [3.63, 3.8) is 0 Å². The molecule has 2 aromatic heterocycles. The molecule has 1 saturated heterocycles. The predicted octanol–water partition coefficient (Wildman–Crippen LogP) is 3.65. The minimum atomic E-state index is -3.45.